The van der Waals surface area contributed by atoms with Gasteiger partial charge in [-0.1, -0.05) is 12.1 Å². The fraction of sp³-hybridized carbons (Fsp3) is 0.429. The van der Waals surface area contributed by atoms with Crippen LogP contribution in [0.25, 0.3) is 0 Å². The van der Waals surface area contributed by atoms with Crippen molar-refractivity contribution in [1.82, 2.24) is 5.32 Å². The molecule has 1 saturated carbocycles. The number of ether oxygens (including phenoxy) is 1. The van der Waals surface area contributed by atoms with E-state index in [0.29, 0.717) is 18.3 Å². The van der Waals surface area contributed by atoms with E-state index in [1.807, 2.05) is 24.3 Å². The van der Waals surface area contributed by atoms with Crippen molar-refractivity contribution < 1.29 is 9.53 Å². The number of guanidine groups is 1. The van der Waals surface area contributed by atoms with Gasteiger partial charge >= 0.3 is 0 Å². The van der Waals surface area contributed by atoms with Crippen molar-refractivity contribution in [1.29, 1.82) is 0 Å². The van der Waals surface area contributed by atoms with Gasteiger partial charge in [-0.05, 0) is 37.0 Å². The van der Waals surface area contributed by atoms with Gasteiger partial charge in [-0.25, -0.2) is 0 Å². The molecule has 0 bridgehead atoms. The summed E-state index contributed by atoms with van der Waals surface area (Å²) < 4.78 is 5.41. The van der Waals surface area contributed by atoms with Gasteiger partial charge in [0.2, 0.25) is 0 Å². The zero-order valence-electron chi connectivity index (χ0n) is 11.3. The summed E-state index contributed by atoms with van der Waals surface area (Å²) in [5.74, 6) is 0.720. The minimum atomic E-state index is -0.0654. The first kappa shape index (κ1) is 14.2. The number of carbonyl (C=O) groups is 1. The summed E-state index contributed by atoms with van der Waals surface area (Å²) in [6.07, 6.45) is 2.92. The SMILES string of the molecule is NC(N)=NCCc1ccc(OCC(=O)NC2CC2)cc1. The molecular formula is C14H20N4O2. The van der Waals surface area contributed by atoms with E-state index in [1.165, 1.54) is 0 Å². The smallest absolute Gasteiger partial charge is 0.258 e. The molecule has 0 atom stereocenters. The van der Waals surface area contributed by atoms with Crippen LogP contribution in [-0.4, -0.2) is 31.1 Å². The molecule has 0 aromatic heterocycles. The van der Waals surface area contributed by atoms with Crippen molar-refractivity contribution in [2.45, 2.75) is 25.3 Å². The topological polar surface area (TPSA) is 103 Å². The van der Waals surface area contributed by atoms with Gasteiger partial charge in [-0.3, -0.25) is 9.79 Å². The monoisotopic (exact) mass is 276 g/mol. The third-order valence-corrected chi connectivity index (χ3v) is 2.93. The van der Waals surface area contributed by atoms with Gasteiger partial charge in [0, 0.05) is 12.6 Å². The lowest BCUT2D eigenvalue weighted by molar-refractivity contribution is -0.123. The lowest BCUT2D eigenvalue weighted by atomic mass is 10.1. The maximum Gasteiger partial charge on any atom is 0.258 e. The Morgan fingerprint density at radius 2 is 2.00 bits per heavy atom. The van der Waals surface area contributed by atoms with Gasteiger partial charge in [0.15, 0.2) is 12.6 Å². The molecule has 0 radical (unpaired) electrons. The maximum atomic E-state index is 11.5. The molecule has 0 saturated heterocycles. The molecule has 0 spiro atoms. The average Bonchev–Trinajstić information content (AvgIpc) is 3.21. The number of carbonyl (C=O) groups excluding carboxylic acids is 1. The van der Waals surface area contributed by atoms with Gasteiger partial charge in [0.25, 0.3) is 5.91 Å². The standard InChI is InChI=1S/C14H20N4O2/c15-14(16)17-8-7-10-1-5-12(6-2-10)20-9-13(19)18-11-3-4-11/h1-2,5-6,11H,3-4,7-9H2,(H,18,19)(H4,15,16,17). The highest BCUT2D eigenvalue weighted by molar-refractivity contribution is 5.78. The largest absolute Gasteiger partial charge is 0.484 e. The van der Waals surface area contributed by atoms with Crippen molar-refractivity contribution in [3.05, 3.63) is 29.8 Å². The third-order valence-electron chi connectivity index (χ3n) is 2.93. The van der Waals surface area contributed by atoms with Gasteiger partial charge in [0.05, 0.1) is 0 Å². The minimum absolute atomic E-state index is 0.0594. The van der Waals surface area contributed by atoms with Crippen LogP contribution < -0.4 is 21.5 Å². The molecule has 6 nitrogen and oxygen atoms in total. The van der Waals surface area contributed by atoms with Crippen molar-refractivity contribution in [2.75, 3.05) is 13.2 Å². The van der Waals surface area contributed by atoms with Crippen LogP contribution in [0.5, 0.6) is 5.75 Å². The van der Waals surface area contributed by atoms with Crippen molar-refractivity contribution >= 4 is 11.9 Å². The Kier molecular flexibility index (Phi) is 4.81. The molecule has 5 N–H and O–H groups in total. The molecule has 1 aromatic carbocycles. The summed E-state index contributed by atoms with van der Waals surface area (Å²) >= 11 is 0. The van der Waals surface area contributed by atoms with E-state index in [-0.39, 0.29) is 18.5 Å². The van der Waals surface area contributed by atoms with Gasteiger partial charge < -0.3 is 21.5 Å². The quantitative estimate of drug-likeness (QED) is 0.487. The summed E-state index contributed by atoms with van der Waals surface area (Å²) in [7, 11) is 0. The Hall–Kier alpha value is -2.24. The minimum Gasteiger partial charge on any atom is -0.484 e. The Labute approximate surface area is 118 Å². The fourth-order valence-corrected chi connectivity index (χ4v) is 1.71. The fourth-order valence-electron chi connectivity index (χ4n) is 1.71. The molecule has 1 aliphatic rings. The lowest BCUT2D eigenvalue weighted by Gasteiger charge is -2.07. The van der Waals surface area contributed by atoms with E-state index < -0.39 is 0 Å². The molecule has 108 valence electrons. The van der Waals surface area contributed by atoms with Crippen LogP contribution in [0.15, 0.2) is 29.3 Å². The third kappa shape index (κ3) is 5.17. The number of rotatable bonds is 7. The molecule has 20 heavy (non-hydrogen) atoms. The molecular weight excluding hydrogens is 256 g/mol. The predicted octanol–water partition coefficient (Wildman–Crippen LogP) is 0.160. The first-order chi connectivity index (χ1) is 9.63. The molecule has 1 fully saturated rings. The van der Waals surface area contributed by atoms with Crippen LogP contribution in [0.3, 0.4) is 0 Å². The number of nitrogens with two attached hydrogens (primary N) is 2. The Balaban J connectivity index is 1.72. The van der Waals surface area contributed by atoms with Crippen molar-refractivity contribution in [3.8, 4) is 5.75 Å². The van der Waals surface area contributed by atoms with Crippen LogP contribution in [0.2, 0.25) is 0 Å². The second-order valence-electron chi connectivity index (χ2n) is 4.83. The molecule has 1 amide bonds. The number of nitrogens with one attached hydrogen (secondary N) is 1. The van der Waals surface area contributed by atoms with E-state index in [0.717, 1.165) is 24.8 Å². The zero-order valence-corrected chi connectivity index (χ0v) is 11.3. The Bertz CT molecular complexity index is 476. The van der Waals surface area contributed by atoms with Gasteiger partial charge in [-0.15, -0.1) is 0 Å². The van der Waals surface area contributed by atoms with E-state index in [4.69, 9.17) is 16.2 Å². The maximum absolute atomic E-state index is 11.5. The van der Waals surface area contributed by atoms with E-state index >= 15 is 0 Å². The molecule has 0 heterocycles. The molecule has 1 aromatic rings. The molecule has 2 rings (SSSR count). The van der Waals surface area contributed by atoms with Crippen LogP contribution in [0.1, 0.15) is 18.4 Å². The first-order valence-corrected chi connectivity index (χ1v) is 6.70. The Morgan fingerprint density at radius 3 is 2.60 bits per heavy atom. The summed E-state index contributed by atoms with van der Waals surface area (Å²) in [6, 6.07) is 7.93. The normalized spacial score (nSPS) is 13.6. The number of aliphatic imine (C=N–C) groups is 1. The predicted molar refractivity (Wildman–Crippen MR) is 77.5 cm³/mol. The van der Waals surface area contributed by atoms with Gasteiger partial charge in [-0.2, -0.15) is 0 Å². The molecule has 1 aliphatic carbocycles. The zero-order chi connectivity index (χ0) is 14.4. The summed E-state index contributed by atoms with van der Waals surface area (Å²) in [5, 5.41) is 2.87. The highest BCUT2D eigenvalue weighted by atomic mass is 16.5. The molecule has 0 unspecified atom stereocenters. The number of hydrogen-bond acceptors (Lipinski definition) is 3. The number of nitrogens with zero attached hydrogens (tertiary/aromatic N) is 1. The summed E-state index contributed by atoms with van der Waals surface area (Å²) in [4.78, 5) is 15.4. The number of amides is 1. The second kappa shape index (κ2) is 6.79. The van der Waals surface area contributed by atoms with E-state index in [9.17, 15) is 4.79 Å². The number of benzene rings is 1. The lowest BCUT2D eigenvalue weighted by Crippen LogP contribution is -2.30. The first-order valence-electron chi connectivity index (χ1n) is 6.70. The van der Waals surface area contributed by atoms with Crippen molar-refractivity contribution in [3.63, 3.8) is 0 Å². The Morgan fingerprint density at radius 1 is 1.30 bits per heavy atom. The molecule has 6 heteroatoms. The average molecular weight is 276 g/mol. The van der Waals surface area contributed by atoms with Crippen LogP contribution in [-0.2, 0) is 11.2 Å². The highest BCUT2D eigenvalue weighted by Crippen LogP contribution is 2.18. The van der Waals surface area contributed by atoms with Crippen LogP contribution >= 0.6 is 0 Å². The summed E-state index contributed by atoms with van der Waals surface area (Å²) in [6.45, 7) is 0.621. The summed E-state index contributed by atoms with van der Waals surface area (Å²) in [5.41, 5.74) is 11.6. The number of hydrogen-bond donors (Lipinski definition) is 3. The van der Waals surface area contributed by atoms with Crippen LogP contribution in [0, 0.1) is 0 Å². The van der Waals surface area contributed by atoms with Gasteiger partial charge in [0.1, 0.15) is 5.75 Å². The van der Waals surface area contributed by atoms with E-state index in [1.54, 1.807) is 0 Å². The second-order valence-corrected chi connectivity index (χ2v) is 4.83. The van der Waals surface area contributed by atoms with Crippen LogP contribution in [0.4, 0.5) is 0 Å². The van der Waals surface area contributed by atoms with Crippen molar-refractivity contribution in [2.24, 2.45) is 16.5 Å². The highest BCUT2D eigenvalue weighted by Gasteiger charge is 2.23. The molecule has 0 aliphatic heterocycles. The van der Waals surface area contributed by atoms with E-state index in [2.05, 4.69) is 10.3 Å².